The third kappa shape index (κ3) is 4.44. The smallest absolute Gasteiger partial charge is 0.228 e. The van der Waals surface area contributed by atoms with E-state index in [-0.39, 0.29) is 11.7 Å². The molecule has 0 fully saturated rings. The fraction of sp³-hybridized carbons (Fsp3) is 0.0952. The molecule has 4 heteroatoms. The van der Waals surface area contributed by atoms with Crippen LogP contribution in [0, 0.1) is 12.7 Å². The van der Waals surface area contributed by atoms with Crippen molar-refractivity contribution in [3.8, 4) is 0 Å². The highest BCUT2D eigenvalue weighted by Gasteiger charge is 2.06. The number of benzene rings is 3. The average molecular weight is 334 g/mol. The van der Waals surface area contributed by atoms with Gasteiger partial charge in [-0.3, -0.25) is 4.79 Å². The number of nitrogens with one attached hydrogen (secondary N) is 2. The van der Waals surface area contributed by atoms with E-state index in [1.807, 2.05) is 31.2 Å². The molecule has 25 heavy (non-hydrogen) atoms. The monoisotopic (exact) mass is 334 g/mol. The Kier molecular flexibility index (Phi) is 5.09. The van der Waals surface area contributed by atoms with Crippen LogP contribution in [0.15, 0.2) is 72.8 Å². The van der Waals surface area contributed by atoms with Gasteiger partial charge >= 0.3 is 0 Å². The summed E-state index contributed by atoms with van der Waals surface area (Å²) in [6, 6.07) is 21.5. The second-order valence-corrected chi connectivity index (χ2v) is 5.83. The fourth-order valence-electron chi connectivity index (χ4n) is 2.54. The number of carbonyl (C=O) groups is 1. The molecule has 0 aliphatic heterocycles. The molecular weight excluding hydrogens is 315 g/mol. The van der Waals surface area contributed by atoms with Crippen LogP contribution in [0.4, 0.5) is 21.5 Å². The largest absolute Gasteiger partial charge is 0.353 e. The summed E-state index contributed by atoms with van der Waals surface area (Å²) in [6.07, 6.45) is 0.335. The molecule has 0 saturated carbocycles. The van der Waals surface area contributed by atoms with Crippen LogP contribution in [0.25, 0.3) is 0 Å². The van der Waals surface area contributed by atoms with Crippen molar-refractivity contribution in [3.63, 3.8) is 0 Å². The standard InChI is InChI=1S/C21H19FN2O/c1-15-6-2-3-7-16(15)14-21(25)24-18-12-10-17(11-13-18)23-20-9-5-4-8-19(20)22/h2-13,23H,14H2,1H3,(H,24,25). The van der Waals surface area contributed by atoms with E-state index in [0.29, 0.717) is 17.8 Å². The van der Waals surface area contributed by atoms with Crippen molar-refractivity contribution in [1.82, 2.24) is 0 Å². The van der Waals surface area contributed by atoms with E-state index in [9.17, 15) is 9.18 Å². The third-order valence-electron chi connectivity index (χ3n) is 3.93. The van der Waals surface area contributed by atoms with Crippen LogP contribution in [0.1, 0.15) is 11.1 Å². The van der Waals surface area contributed by atoms with Gasteiger partial charge in [0.1, 0.15) is 5.82 Å². The zero-order valence-corrected chi connectivity index (χ0v) is 13.9. The molecule has 126 valence electrons. The van der Waals surface area contributed by atoms with E-state index in [1.165, 1.54) is 6.07 Å². The topological polar surface area (TPSA) is 41.1 Å². The van der Waals surface area contributed by atoms with E-state index in [4.69, 9.17) is 0 Å². The number of amides is 1. The Morgan fingerprint density at radius 3 is 2.24 bits per heavy atom. The van der Waals surface area contributed by atoms with Crippen LogP contribution in [0.2, 0.25) is 0 Å². The van der Waals surface area contributed by atoms with Gasteiger partial charge in [0.2, 0.25) is 5.91 Å². The quantitative estimate of drug-likeness (QED) is 0.685. The molecule has 3 rings (SSSR count). The zero-order chi connectivity index (χ0) is 17.6. The lowest BCUT2D eigenvalue weighted by atomic mass is 10.1. The van der Waals surface area contributed by atoms with Crippen LogP contribution >= 0.6 is 0 Å². The number of para-hydroxylation sites is 1. The molecule has 0 unspecified atom stereocenters. The van der Waals surface area contributed by atoms with Gasteiger partial charge in [-0.25, -0.2) is 4.39 Å². The first-order valence-corrected chi connectivity index (χ1v) is 8.08. The highest BCUT2D eigenvalue weighted by molar-refractivity contribution is 5.92. The Balaban J connectivity index is 1.62. The van der Waals surface area contributed by atoms with E-state index in [0.717, 1.165) is 16.8 Å². The second-order valence-electron chi connectivity index (χ2n) is 5.83. The molecule has 0 atom stereocenters. The summed E-state index contributed by atoms with van der Waals surface area (Å²) in [4.78, 5) is 12.2. The number of carbonyl (C=O) groups excluding carboxylic acids is 1. The Morgan fingerprint density at radius 1 is 0.880 bits per heavy atom. The lowest BCUT2D eigenvalue weighted by Gasteiger charge is -2.10. The van der Waals surface area contributed by atoms with Gasteiger partial charge in [-0.1, -0.05) is 36.4 Å². The molecule has 0 bridgehead atoms. The van der Waals surface area contributed by atoms with Gasteiger partial charge in [0, 0.05) is 11.4 Å². The lowest BCUT2D eigenvalue weighted by molar-refractivity contribution is -0.115. The van der Waals surface area contributed by atoms with Crippen LogP contribution in [-0.4, -0.2) is 5.91 Å². The maximum Gasteiger partial charge on any atom is 0.228 e. The lowest BCUT2D eigenvalue weighted by Crippen LogP contribution is -2.14. The molecule has 0 aromatic heterocycles. The van der Waals surface area contributed by atoms with Crippen molar-refractivity contribution in [2.24, 2.45) is 0 Å². The normalized spacial score (nSPS) is 10.3. The molecule has 0 aliphatic carbocycles. The van der Waals surface area contributed by atoms with E-state index < -0.39 is 0 Å². The molecule has 2 N–H and O–H groups in total. The third-order valence-corrected chi connectivity index (χ3v) is 3.93. The van der Waals surface area contributed by atoms with Crippen LogP contribution in [0.3, 0.4) is 0 Å². The van der Waals surface area contributed by atoms with Gasteiger partial charge in [-0.05, 0) is 54.4 Å². The summed E-state index contributed by atoms with van der Waals surface area (Å²) < 4.78 is 13.6. The van der Waals surface area contributed by atoms with Gasteiger partial charge in [0.25, 0.3) is 0 Å². The molecule has 0 aliphatic rings. The predicted octanol–water partition coefficient (Wildman–Crippen LogP) is 5.06. The van der Waals surface area contributed by atoms with Crippen molar-refractivity contribution in [2.75, 3.05) is 10.6 Å². The minimum absolute atomic E-state index is 0.0656. The van der Waals surface area contributed by atoms with Crippen LogP contribution < -0.4 is 10.6 Å². The molecule has 3 aromatic rings. The summed E-state index contributed by atoms with van der Waals surface area (Å²) in [5, 5.41) is 5.89. The summed E-state index contributed by atoms with van der Waals surface area (Å²) in [7, 11) is 0. The van der Waals surface area contributed by atoms with Crippen molar-refractivity contribution >= 4 is 23.0 Å². The van der Waals surface area contributed by atoms with Crippen molar-refractivity contribution in [3.05, 3.63) is 89.7 Å². The van der Waals surface area contributed by atoms with E-state index in [2.05, 4.69) is 10.6 Å². The van der Waals surface area contributed by atoms with E-state index in [1.54, 1.807) is 42.5 Å². The van der Waals surface area contributed by atoms with Crippen molar-refractivity contribution in [1.29, 1.82) is 0 Å². The van der Waals surface area contributed by atoms with Crippen molar-refractivity contribution < 1.29 is 9.18 Å². The summed E-state index contributed by atoms with van der Waals surface area (Å²) >= 11 is 0. The van der Waals surface area contributed by atoms with Crippen LogP contribution in [0.5, 0.6) is 0 Å². The van der Waals surface area contributed by atoms with Crippen molar-refractivity contribution in [2.45, 2.75) is 13.3 Å². The van der Waals surface area contributed by atoms with Gasteiger partial charge in [-0.15, -0.1) is 0 Å². The zero-order valence-electron chi connectivity index (χ0n) is 13.9. The van der Waals surface area contributed by atoms with Gasteiger partial charge in [0.15, 0.2) is 0 Å². The van der Waals surface area contributed by atoms with Gasteiger partial charge in [-0.2, -0.15) is 0 Å². The fourth-order valence-corrected chi connectivity index (χ4v) is 2.54. The average Bonchev–Trinajstić information content (AvgIpc) is 2.61. The first-order valence-electron chi connectivity index (χ1n) is 8.08. The Labute approximate surface area is 146 Å². The SMILES string of the molecule is Cc1ccccc1CC(=O)Nc1ccc(Nc2ccccc2F)cc1. The second kappa shape index (κ2) is 7.62. The summed E-state index contributed by atoms with van der Waals surface area (Å²) in [5.74, 6) is -0.373. The number of anilines is 3. The maximum absolute atomic E-state index is 13.6. The first kappa shape index (κ1) is 16.7. The van der Waals surface area contributed by atoms with E-state index >= 15 is 0 Å². The Bertz CT molecular complexity index is 875. The maximum atomic E-state index is 13.6. The number of halogens is 1. The highest BCUT2D eigenvalue weighted by Crippen LogP contribution is 2.21. The van der Waals surface area contributed by atoms with Gasteiger partial charge in [0.05, 0.1) is 12.1 Å². The first-order chi connectivity index (χ1) is 12.1. The highest BCUT2D eigenvalue weighted by atomic mass is 19.1. The number of hydrogen-bond donors (Lipinski definition) is 2. The molecule has 0 radical (unpaired) electrons. The summed E-state index contributed by atoms with van der Waals surface area (Å²) in [6.45, 7) is 1.99. The molecule has 0 saturated heterocycles. The Hall–Kier alpha value is -3.14. The molecule has 0 heterocycles. The Morgan fingerprint density at radius 2 is 1.52 bits per heavy atom. The number of rotatable bonds is 5. The summed E-state index contributed by atoms with van der Waals surface area (Å²) in [5.41, 5.74) is 3.98. The van der Waals surface area contributed by atoms with Gasteiger partial charge < -0.3 is 10.6 Å². The predicted molar refractivity (Wildman–Crippen MR) is 99.6 cm³/mol. The minimum Gasteiger partial charge on any atom is -0.353 e. The molecule has 3 nitrogen and oxygen atoms in total. The molecule has 3 aromatic carbocycles. The molecular formula is C21H19FN2O. The number of hydrogen-bond acceptors (Lipinski definition) is 2. The number of aryl methyl sites for hydroxylation is 1. The molecule has 0 spiro atoms. The van der Waals surface area contributed by atoms with Crippen LogP contribution in [-0.2, 0) is 11.2 Å². The minimum atomic E-state index is -0.307. The molecule has 1 amide bonds.